The number of carbonyl (C=O) groups is 1. The first-order chi connectivity index (χ1) is 19.0. The second-order valence-corrected chi connectivity index (χ2v) is 9.49. The van der Waals surface area contributed by atoms with E-state index in [0.717, 1.165) is 50.2 Å². The molecule has 1 amide bonds. The van der Waals surface area contributed by atoms with E-state index < -0.39 is 17.6 Å². The number of carbonyl (C=O) groups excluding carboxylic acids is 1. The molecule has 2 heterocycles. The maximum Gasteiger partial charge on any atom is 0.416 e. The quantitative estimate of drug-likeness (QED) is 0.275. The van der Waals surface area contributed by atoms with Gasteiger partial charge in [-0.15, -0.1) is 0 Å². The van der Waals surface area contributed by atoms with Gasteiger partial charge in [0.1, 0.15) is 23.7 Å². The number of hydrogen-bond acceptors (Lipinski definition) is 7. The van der Waals surface area contributed by atoms with Crippen molar-refractivity contribution >= 4 is 23.3 Å². The number of primary amides is 1. The van der Waals surface area contributed by atoms with Crippen molar-refractivity contribution in [1.29, 1.82) is 5.41 Å². The van der Waals surface area contributed by atoms with Gasteiger partial charge in [-0.3, -0.25) is 10.2 Å². The molecule has 4 rings (SSSR count). The smallest absolute Gasteiger partial charge is 0.383 e. The molecule has 40 heavy (non-hydrogen) atoms. The predicted molar refractivity (Wildman–Crippen MR) is 150 cm³/mol. The Morgan fingerprint density at radius 3 is 2.42 bits per heavy atom. The van der Waals surface area contributed by atoms with Crippen LogP contribution in [0.2, 0.25) is 0 Å². The van der Waals surface area contributed by atoms with Gasteiger partial charge in [0.15, 0.2) is 0 Å². The highest BCUT2D eigenvalue weighted by molar-refractivity contribution is 6.16. The topological polar surface area (TPSA) is 134 Å². The number of likely N-dealkylation sites (tertiary alicyclic amines) is 1. The number of piperidine rings is 1. The van der Waals surface area contributed by atoms with E-state index in [0.29, 0.717) is 28.4 Å². The number of rotatable bonds is 5. The largest absolute Gasteiger partial charge is 0.416 e. The van der Waals surface area contributed by atoms with Gasteiger partial charge in [-0.1, -0.05) is 42.3 Å². The second-order valence-electron chi connectivity index (χ2n) is 9.49. The molecule has 210 valence electrons. The number of alkyl halides is 3. The number of nitrogens with one attached hydrogen (secondary N) is 2. The summed E-state index contributed by atoms with van der Waals surface area (Å²) >= 11 is 0. The number of aryl methyl sites for hydroxylation is 1. The number of aromatic nitrogens is 2. The van der Waals surface area contributed by atoms with E-state index in [4.69, 9.17) is 16.9 Å². The van der Waals surface area contributed by atoms with Crippen LogP contribution in [0.15, 0.2) is 54.9 Å². The first-order valence-electron chi connectivity index (χ1n) is 12.6. The fraction of sp³-hybridized carbons (Fsp3) is 0.310. The molecule has 0 radical (unpaired) electrons. The van der Waals surface area contributed by atoms with Crippen LogP contribution in [0.1, 0.15) is 45.5 Å². The van der Waals surface area contributed by atoms with Crippen molar-refractivity contribution < 1.29 is 18.0 Å². The van der Waals surface area contributed by atoms with E-state index in [2.05, 4.69) is 39.1 Å². The van der Waals surface area contributed by atoms with Gasteiger partial charge in [-0.05, 0) is 69.4 Å². The summed E-state index contributed by atoms with van der Waals surface area (Å²) < 4.78 is 35.4. The SMILES string of the molecule is Cc1ccc(C(N)=O)cc1C#CC(=N)c1c(N)ncnc1NCC1CCN(C)CC1.FC(F)(F)c1ccccc1. The maximum atomic E-state index is 11.8. The number of anilines is 2. The van der Waals surface area contributed by atoms with Crippen LogP contribution in [0.5, 0.6) is 0 Å². The average molecular weight is 552 g/mol. The molecule has 1 aromatic heterocycles. The molecule has 6 N–H and O–H groups in total. The van der Waals surface area contributed by atoms with Crippen LogP contribution in [0, 0.1) is 30.1 Å². The molecule has 0 unspecified atom stereocenters. The van der Waals surface area contributed by atoms with Crippen LogP contribution in [-0.4, -0.2) is 53.2 Å². The fourth-order valence-corrected chi connectivity index (χ4v) is 4.02. The highest BCUT2D eigenvalue weighted by Crippen LogP contribution is 2.28. The summed E-state index contributed by atoms with van der Waals surface area (Å²) in [7, 11) is 2.13. The van der Waals surface area contributed by atoms with Gasteiger partial charge >= 0.3 is 6.18 Å². The van der Waals surface area contributed by atoms with Crippen LogP contribution in [-0.2, 0) is 6.18 Å². The van der Waals surface area contributed by atoms with Gasteiger partial charge in [0, 0.05) is 17.7 Å². The van der Waals surface area contributed by atoms with Crippen molar-refractivity contribution in [3.05, 3.63) is 82.7 Å². The van der Waals surface area contributed by atoms with E-state index in [1.807, 2.05) is 6.92 Å². The molecule has 2 aromatic carbocycles. The monoisotopic (exact) mass is 551 g/mol. The third kappa shape index (κ3) is 8.54. The summed E-state index contributed by atoms with van der Waals surface area (Å²) in [6.07, 6.45) is -0.587. The predicted octanol–water partition coefficient (Wildman–Crippen LogP) is 4.34. The summed E-state index contributed by atoms with van der Waals surface area (Å²) in [5, 5.41) is 11.8. The Morgan fingerprint density at radius 1 is 1.15 bits per heavy atom. The first kappa shape index (κ1) is 30.1. The molecule has 0 atom stereocenters. The summed E-state index contributed by atoms with van der Waals surface area (Å²) in [6.45, 7) is 4.80. The van der Waals surface area contributed by atoms with E-state index in [-0.39, 0.29) is 11.5 Å². The lowest BCUT2D eigenvalue weighted by atomic mass is 9.97. The number of benzene rings is 2. The third-order valence-electron chi connectivity index (χ3n) is 6.47. The lowest BCUT2D eigenvalue weighted by Gasteiger charge is -2.29. The molecule has 1 saturated heterocycles. The summed E-state index contributed by atoms with van der Waals surface area (Å²) in [5.74, 6) is 6.52. The number of halogens is 3. The van der Waals surface area contributed by atoms with Gasteiger partial charge in [-0.2, -0.15) is 13.2 Å². The zero-order chi connectivity index (χ0) is 29.3. The van der Waals surface area contributed by atoms with E-state index >= 15 is 0 Å². The van der Waals surface area contributed by atoms with Crippen LogP contribution in [0.4, 0.5) is 24.8 Å². The van der Waals surface area contributed by atoms with Gasteiger partial charge < -0.3 is 21.7 Å². The number of amides is 1. The number of nitrogen functional groups attached to an aromatic ring is 1. The minimum absolute atomic E-state index is 0.0165. The molecule has 3 aromatic rings. The second kappa shape index (κ2) is 13.6. The number of nitrogens with zero attached hydrogens (tertiary/aromatic N) is 3. The van der Waals surface area contributed by atoms with Gasteiger partial charge in [0.2, 0.25) is 5.91 Å². The van der Waals surface area contributed by atoms with Gasteiger partial charge in [0.25, 0.3) is 0 Å². The molecule has 0 bridgehead atoms. The fourth-order valence-electron chi connectivity index (χ4n) is 4.02. The zero-order valence-electron chi connectivity index (χ0n) is 22.3. The minimum Gasteiger partial charge on any atom is -0.383 e. The normalized spacial score (nSPS) is 13.8. The maximum absolute atomic E-state index is 11.8. The zero-order valence-corrected chi connectivity index (χ0v) is 22.3. The molecule has 8 nitrogen and oxygen atoms in total. The molecular formula is C29H32F3N7O. The molecule has 0 aliphatic carbocycles. The molecule has 1 aliphatic heterocycles. The lowest BCUT2D eigenvalue weighted by molar-refractivity contribution is -0.137. The van der Waals surface area contributed by atoms with Crippen molar-refractivity contribution in [3.8, 4) is 11.8 Å². The van der Waals surface area contributed by atoms with Crippen LogP contribution < -0.4 is 16.8 Å². The summed E-state index contributed by atoms with van der Waals surface area (Å²) in [6, 6.07) is 11.4. The standard InChI is InChI=1S/C22H27N7O.C7H5F3/c1-14-3-4-17(21(25)30)11-16(14)5-6-18(23)19-20(24)27-13-28-22(19)26-12-15-7-9-29(2)10-8-15;8-7(9,10)6-4-2-1-3-5-6/h3-4,11,13,15,23H,7-10,12H2,1-2H3,(H2,25,30)(H3,24,26,27,28);1-5H. The van der Waals surface area contributed by atoms with Gasteiger partial charge in [0.05, 0.1) is 11.1 Å². The van der Waals surface area contributed by atoms with Crippen LogP contribution in [0.25, 0.3) is 0 Å². The molecule has 0 saturated carbocycles. The summed E-state index contributed by atoms with van der Waals surface area (Å²) in [4.78, 5) is 22.1. The van der Waals surface area contributed by atoms with E-state index in [1.54, 1.807) is 24.3 Å². The Kier molecular flexibility index (Phi) is 10.2. The highest BCUT2D eigenvalue weighted by Gasteiger charge is 2.29. The first-order valence-corrected chi connectivity index (χ1v) is 12.6. The Hall–Kier alpha value is -4.43. The van der Waals surface area contributed by atoms with E-state index in [9.17, 15) is 18.0 Å². The van der Waals surface area contributed by atoms with Gasteiger partial charge in [-0.25, -0.2) is 9.97 Å². The number of nitrogens with two attached hydrogens (primary N) is 2. The van der Waals surface area contributed by atoms with Crippen LogP contribution in [0.3, 0.4) is 0 Å². The molecular weight excluding hydrogens is 519 g/mol. The van der Waals surface area contributed by atoms with Crippen molar-refractivity contribution in [2.45, 2.75) is 25.9 Å². The Labute approximate surface area is 231 Å². The minimum atomic E-state index is -4.21. The lowest BCUT2D eigenvalue weighted by Crippen LogP contribution is -2.33. The molecule has 1 fully saturated rings. The number of hydrogen-bond donors (Lipinski definition) is 4. The van der Waals surface area contributed by atoms with Crippen LogP contribution >= 0.6 is 0 Å². The molecule has 0 spiro atoms. The molecule has 1 aliphatic rings. The van der Waals surface area contributed by atoms with Crippen molar-refractivity contribution in [3.63, 3.8) is 0 Å². The van der Waals surface area contributed by atoms with Crippen molar-refractivity contribution in [2.24, 2.45) is 11.7 Å². The average Bonchev–Trinajstić information content (AvgIpc) is 2.92. The van der Waals surface area contributed by atoms with E-state index in [1.165, 1.54) is 18.5 Å². The van der Waals surface area contributed by atoms with Crippen molar-refractivity contribution in [1.82, 2.24) is 14.9 Å². The Morgan fingerprint density at radius 2 is 1.82 bits per heavy atom. The highest BCUT2D eigenvalue weighted by atomic mass is 19.4. The Bertz CT molecular complexity index is 1390. The van der Waals surface area contributed by atoms with Crippen molar-refractivity contribution in [2.75, 3.05) is 37.7 Å². The Balaban J connectivity index is 0.000000371. The summed E-state index contributed by atoms with van der Waals surface area (Å²) in [5.41, 5.74) is 13.1. The third-order valence-corrected chi connectivity index (χ3v) is 6.47. The molecule has 11 heteroatoms.